The summed E-state index contributed by atoms with van der Waals surface area (Å²) in [5.74, 6) is -5.06. The summed E-state index contributed by atoms with van der Waals surface area (Å²) < 4.78 is 18.9. The highest BCUT2D eigenvalue weighted by Crippen LogP contribution is 2.35. The molecule has 0 aliphatic carbocycles. The number of aliphatic hydroxyl groups excluding tert-OH is 1. The SMILES string of the molecule is O=C(O)CC(O)(CC(=O)OC(CO)COP(=O)(O)O)C(=O)O. The van der Waals surface area contributed by atoms with Crippen molar-refractivity contribution in [3.8, 4) is 0 Å². The standard InChI is InChI=1S/C9H15O12P/c10-3-5(4-20-22(17,18)19)21-7(13)2-9(16,8(14)15)1-6(11)12/h5,10,16H,1-4H2,(H,11,12)(H,14,15)(H2,17,18,19). The molecule has 128 valence electrons. The number of carboxylic acid groups (broad SMARTS) is 2. The van der Waals surface area contributed by atoms with Crippen molar-refractivity contribution in [1.82, 2.24) is 0 Å². The van der Waals surface area contributed by atoms with Crippen LogP contribution in [0.4, 0.5) is 0 Å². The van der Waals surface area contributed by atoms with E-state index in [2.05, 4.69) is 9.26 Å². The maximum atomic E-state index is 11.4. The number of carbonyl (C=O) groups excluding carboxylic acids is 1. The predicted octanol–water partition coefficient (Wildman–Crippen LogP) is -2.32. The summed E-state index contributed by atoms with van der Waals surface area (Å²) in [7, 11) is -4.88. The van der Waals surface area contributed by atoms with Gasteiger partial charge in [-0.25, -0.2) is 9.36 Å². The van der Waals surface area contributed by atoms with E-state index in [0.29, 0.717) is 0 Å². The first-order valence-corrected chi connectivity index (χ1v) is 7.10. The van der Waals surface area contributed by atoms with Crippen LogP contribution in [0, 0.1) is 0 Å². The molecule has 0 heterocycles. The maximum Gasteiger partial charge on any atom is 0.469 e. The van der Waals surface area contributed by atoms with Gasteiger partial charge in [0.15, 0.2) is 5.60 Å². The number of aliphatic carboxylic acids is 2. The zero-order valence-electron chi connectivity index (χ0n) is 11.0. The van der Waals surface area contributed by atoms with E-state index < -0.39 is 63.5 Å². The van der Waals surface area contributed by atoms with Crippen molar-refractivity contribution in [2.75, 3.05) is 13.2 Å². The molecule has 12 nitrogen and oxygen atoms in total. The van der Waals surface area contributed by atoms with E-state index in [0.717, 1.165) is 0 Å². The molecule has 13 heteroatoms. The average molecular weight is 346 g/mol. The molecule has 0 spiro atoms. The van der Waals surface area contributed by atoms with Gasteiger partial charge in [0.1, 0.15) is 6.10 Å². The Balaban J connectivity index is 4.71. The Kier molecular flexibility index (Phi) is 7.59. The number of hydrogen-bond acceptors (Lipinski definition) is 8. The molecule has 0 fully saturated rings. The van der Waals surface area contributed by atoms with Crippen molar-refractivity contribution < 1.29 is 58.4 Å². The first-order chi connectivity index (χ1) is 9.89. The van der Waals surface area contributed by atoms with Crippen LogP contribution in [-0.2, 0) is 28.2 Å². The summed E-state index contributed by atoms with van der Waals surface area (Å²) in [4.78, 5) is 49.6. The Morgan fingerprint density at radius 2 is 1.68 bits per heavy atom. The number of aliphatic hydroxyl groups is 2. The van der Waals surface area contributed by atoms with Crippen LogP contribution in [0.3, 0.4) is 0 Å². The van der Waals surface area contributed by atoms with Crippen LogP contribution < -0.4 is 0 Å². The normalized spacial score (nSPS) is 15.6. The topological polar surface area (TPSA) is 208 Å². The van der Waals surface area contributed by atoms with Gasteiger partial charge in [-0.1, -0.05) is 0 Å². The molecular formula is C9H15O12P. The van der Waals surface area contributed by atoms with Gasteiger partial charge in [0.2, 0.25) is 0 Å². The van der Waals surface area contributed by atoms with E-state index in [-0.39, 0.29) is 0 Å². The number of hydrogen-bond donors (Lipinski definition) is 6. The lowest BCUT2D eigenvalue weighted by atomic mass is 9.96. The van der Waals surface area contributed by atoms with E-state index in [4.69, 9.17) is 25.1 Å². The summed E-state index contributed by atoms with van der Waals surface area (Å²) in [6.45, 7) is -1.80. The highest BCUT2D eigenvalue weighted by molar-refractivity contribution is 7.46. The van der Waals surface area contributed by atoms with Gasteiger partial charge >= 0.3 is 25.7 Å². The molecular weight excluding hydrogens is 331 g/mol. The Bertz CT molecular complexity index is 469. The third-order valence-corrected chi connectivity index (χ3v) is 2.69. The van der Waals surface area contributed by atoms with Crippen LogP contribution >= 0.6 is 7.82 Å². The van der Waals surface area contributed by atoms with E-state index in [1.165, 1.54) is 0 Å². The van der Waals surface area contributed by atoms with E-state index in [9.17, 15) is 24.1 Å². The second-order valence-corrected chi connectivity index (χ2v) is 5.40. The molecule has 0 radical (unpaired) electrons. The van der Waals surface area contributed by atoms with Gasteiger partial charge in [0.25, 0.3) is 0 Å². The lowest BCUT2D eigenvalue weighted by molar-refractivity contribution is -0.174. The molecule has 0 saturated carbocycles. The zero-order valence-corrected chi connectivity index (χ0v) is 11.9. The Labute approximate surface area is 123 Å². The van der Waals surface area contributed by atoms with Crippen molar-refractivity contribution >= 4 is 25.7 Å². The summed E-state index contributed by atoms with van der Waals surface area (Å²) in [6.07, 6.45) is -4.07. The predicted molar refractivity (Wildman–Crippen MR) is 64.4 cm³/mol. The number of phosphoric ester groups is 1. The van der Waals surface area contributed by atoms with Crippen LogP contribution in [0.25, 0.3) is 0 Å². The Morgan fingerprint density at radius 1 is 1.14 bits per heavy atom. The minimum Gasteiger partial charge on any atom is -0.481 e. The second kappa shape index (κ2) is 8.17. The molecule has 0 saturated heterocycles. The van der Waals surface area contributed by atoms with Crippen molar-refractivity contribution in [3.63, 3.8) is 0 Å². The van der Waals surface area contributed by atoms with E-state index in [1.807, 2.05) is 0 Å². The smallest absolute Gasteiger partial charge is 0.469 e. The van der Waals surface area contributed by atoms with E-state index in [1.54, 1.807) is 0 Å². The molecule has 0 bridgehead atoms. The molecule has 0 aliphatic rings. The van der Waals surface area contributed by atoms with Crippen LogP contribution in [0.2, 0.25) is 0 Å². The zero-order chi connectivity index (χ0) is 17.6. The molecule has 0 aliphatic heterocycles. The fourth-order valence-corrected chi connectivity index (χ4v) is 1.59. The summed E-state index contributed by atoms with van der Waals surface area (Å²) in [6, 6.07) is 0. The molecule has 2 unspecified atom stereocenters. The fraction of sp³-hybridized carbons (Fsp3) is 0.667. The highest BCUT2D eigenvalue weighted by atomic mass is 31.2. The highest BCUT2D eigenvalue weighted by Gasteiger charge is 2.41. The fourth-order valence-electron chi connectivity index (χ4n) is 1.23. The Hall–Kier alpha value is -1.56. The maximum absolute atomic E-state index is 11.4. The molecule has 0 aromatic rings. The van der Waals surface area contributed by atoms with Crippen LogP contribution in [0.15, 0.2) is 0 Å². The van der Waals surface area contributed by atoms with E-state index >= 15 is 0 Å². The molecule has 2 atom stereocenters. The minimum absolute atomic E-state index is 0.892. The first-order valence-electron chi connectivity index (χ1n) is 5.57. The number of esters is 1. The second-order valence-electron chi connectivity index (χ2n) is 4.16. The first kappa shape index (κ1) is 20.4. The third kappa shape index (κ3) is 8.02. The lowest BCUT2D eigenvalue weighted by Crippen LogP contribution is -2.44. The van der Waals surface area contributed by atoms with Gasteiger partial charge in [-0.05, 0) is 0 Å². The Morgan fingerprint density at radius 3 is 2.05 bits per heavy atom. The number of phosphoric acid groups is 1. The number of ether oxygens (including phenoxy) is 1. The largest absolute Gasteiger partial charge is 0.481 e. The van der Waals surface area contributed by atoms with Crippen molar-refractivity contribution in [3.05, 3.63) is 0 Å². The number of carbonyl (C=O) groups is 3. The van der Waals surface area contributed by atoms with Gasteiger partial charge in [0, 0.05) is 0 Å². The van der Waals surface area contributed by atoms with Crippen molar-refractivity contribution in [2.45, 2.75) is 24.5 Å². The molecule has 6 N–H and O–H groups in total. The molecule has 0 aromatic heterocycles. The summed E-state index contributed by atoms with van der Waals surface area (Å²) in [5.41, 5.74) is -2.92. The summed E-state index contributed by atoms with van der Waals surface area (Å²) >= 11 is 0. The molecule has 22 heavy (non-hydrogen) atoms. The van der Waals surface area contributed by atoms with Gasteiger partial charge < -0.3 is 34.9 Å². The molecule has 0 amide bonds. The van der Waals surface area contributed by atoms with Crippen molar-refractivity contribution in [2.24, 2.45) is 0 Å². The summed E-state index contributed by atoms with van der Waals surface area (Å²) in [5, 5.41) is 35.6. The van der Waals surface area contributed by atoms with Gasteiger partial charge in [0.05, 0.1) is 26.1 Å². The number of carboxylic acids is 2. The van der Waals surface area contributed by atoms with Crippen LogP contribution in [0.5, 0.6) is 0 Å². The van der Waals surface area contributed by atoms with Crippen LogP contribution in [-0.4, -0.2) is 73.0 Å². The third-order valence-electron chi connectivity index (χ3n) is 2.21. The molecule has 0 rings (SSSR count). The minimum atomic E-state index is -4.88. The average Bonchev–Trinajstić information content (AvgIpc) is 2.31. The van der Waals surface area contributed by atoms with Gasteiger partial charge in [-0.3, -0.25) is 14.1 Å². The lowest BCUT2D eigenvalue weighted by Gasteiger charge is -2.22. The molecule has 0 aromatic carbocycles. The van der Waals surface area contributed by atoms with Crippen LogP contribution in [0.1, 0.15) is 12.8 Å². The van der Waals surface area contributed by atoms with Gasteiger partial charge in [-0.15, -0.1) is 0 Å². The van der Waals surface area contributed by atoms with Crippen molar-refractivity contribution in [1.29, 1.82) is 0 Å². The monoisotopic (exact) mass is 346 g/mol. The van der Waals surface area contributed by atoms with Gasteiger partial charge in [-0.2, -0.15) is 0 Å². The number of rotatable bonds is 10. The quantitative estimate of drug-likeness (QED) is 0.182.